The standard InChI is InChI=1S/C17H22N2O2/c1-4-17(2,3)10-19-14-9-12(16(20)21)7-8-13(14)18-15(19)11-5-6-11/h7-9,11H,4-6,10H2,1-3H3,(H,20,21). The van der Waals surface area contributed by atoms with Crippen molar-refractivity contribution in [2.75, 3.05) is 0 Å². The van der Waals surface area contributed by atoms with Crippen molar-refractivity contribution in [2.45, 2.75) is 52.5 Å². The van der Waals surface area contributed by atoms with Gasteiger partial charge in [0.25, 0.3) is 0 Å². The first-order valence-corrected chi connectivity index (χ1v) is 7.65. The fourth-order valence-electron chi connectivity index (χ4n) is 2.63. The average Bonchev–Trinajstić information content (AvgIpc) is 3.22. The molecule has 4 nitrogen and oxygen atoms in total. The fraction of sp³-hybridized carbons (Fsp3) is 0.529. The molecule has 3 rings (SSSR count). The van der Waals surface area contributed by atoms with Gasteiger partial charge in [0.15, 0.2) is 0 Å². The van der Waals surface area contributed by atoms with Gasteiger partial charge in [-0.3, -0.25) is 0 Å². The maximum atomic E-state index is 11.2. The molecule has 0 atom stereocenters. The predicted octanol–water partition coefficient (Wildman–Crippen LogP) is 4.05. The number of aromatic nitrogens is 2. The highest BCUT2D eigenvalue weighted by molar-refractivity contribution is 5.92. The Labute approximate surface area is 124 Å². The molecule has 21 heavy (non-hydrogen) atoms. The van der Waals surface area contributed by atoms with Gasteiger partial charge in [0.05, 0.1) is 16.6 Å². The van der Waals surface area contributed by atoms with Crippen LogP contribution in [0.15, 0.2) is 18.2 Å². The molecule has 0 unspecified atom stereocenters. The second kappa shape index (κ2) is 4.86. The van der Waals surface area contributed by atoms with Gasteiger partial charge in [0.2, 0.25) is 0 Å². The summed E-state index contributed by atoms with van der Waals surface area (Å²) in [7, 11) is 0. The number of hydrogen-bond acceptors (Lipinski definition) is 2. The second-order valence-electron chi connectivity index (χ2n) is 6.86. The molecule has 0 radical (unpaired) electrons. The quantitative estimate of drug-likeness (QED) is 0.902. The summed E-state index contributed by atoms with van der Waals surface area (Å²) in [4.78, 5) is 16.0. The highest BCUT2D eigenvalue weighted by Gasteiger charge is 2.31. The first-order chi connectivity index (χ1) is 9.91. The molecule has 0 saturated heterocycles. The van der Waals surface area contributed by atoms with Crippen LogP contribution in [0.5, 0.6) is 0 Å². The number of hydrogen-bond donors (Lipinski definition) is 1. The van der Waals surface area contributed by atoms with Crippen molar-refractivity contribution in [3.63, 3.8) is 0 Å². The highest BCUT2D eigenvalue weighted by Crippen LogP contribution is 2.41. The molecule has 1 saturated carbocycles. The molecule has 0 spiro atoms. The second-order valence-corrected chi connectivity index (χ2v) is 6.86. The summed E-state index contributed by atoms with van der Waals surface area (Å²) >= 11 is 0. The first-order valence-electron chi connectivity index (χ1n) is 7.65. The zero-order valence-electron chi connectivity index (χ0n) is 12.9. The van der Waals surface area contributed by atoms with Crippen LogP contribution in [0, 0.1) is 5.41 Å². The molecule has 0 aliphatic heterocycles. The first kappa shape index (κ1) is 14.1. The molecule has 112 valence electrons. The van der Waals surface area contributed by atoms with Crippen LogP contribution in [0.25, 0.3) is 11.0 Å². The van der Waals surface area contributed by atoms with Crippen LogP contribution in [0.4, 0.5) is 0 Å². The SMILES string of the molecule is CCC(C)(C)Cn1c(C2CC2)nc2ccc(C(=O)O)cc21. The summed E-state index contributed by atoms with van der Waals surface area (Å²) in [6, 6.07) is 5.24. The average molecular weight is 286 g/mol. The maximum absolute atomic E-state index is 11.2. The summed E-state index contributed by atoms with van der Waals surface area (Å²) < 4.78 is 2.25. The number of carboxylic acid groups (broad SMARTS) is 1. The van der Waals surface area contributed by atoms with Crippen molar-refractivity contribution in [2.24, 2.45) is 5.41 Å². The largest absolute Gasteiger partial charge is 0.478 e. The Morgan fingerprint density at radius 1 is 1.43 bits per heavy atom. The minimum absolute atomic E-state index is 0.177. The monoisotopic (exact) mass is 286 g/mol. The van der Waals surface area contributed by atoms with Gasteiger partial charge >= 0.3 is 5.97 Å². The van der Waals surface area contributed by atoms with E-state index in [4.69, 9.17) is 4.98 Å². The molecular weight excluding hydrogens is 264 g/mol. The molecular formula is C17H22N2O2. The molecule has 0 amide bonds. The Bertz CT molecular complexity index is 696. The van der Waals surface area contributed by atoms with Gasteiger partial charge in [-0.25, -0.2) is 9.78 Å². The van der Waals surface area contributed by atoms with Crippen molar-refractivity contribution in [3.8, 4) is 0 Å². The fourth-order valence-corrected chi connectivity index (χ4v) is 2.63. The smallest absolute Gasteiger partial charge is 0.335 e. The number of benzene rings is 1. The Morgan fingerprint density at radius 3 is 2.71 bits per heavy atom. The van der Waals surface area contributed by atoms with Crippen LogP contribution in [-0.4, -0.2) is 20.6 Å². The molecule has 1 aromatic heterocycles. The molecule has 1 N–H and O–H groups in total. The number of aromatic carboxylic acids is 1. The van der Waals surface area contributed by atoms with E-state index in [2.05, 4.69) is 25.3 Å². The third kappa shape index (κ3) is 2.67. The van der Waals surface area contributed by atoms with E-state index in [1.807, 2.05) is 6.07 Å². The lowest BCUT2D eigenvalue weighted by atomic mass is 9.90. The Kier molecular flexibility index (Phi) is 3.27. The molecule has 4 heteroatoms. The van der Waals surface area contributed by atoms with Gasteiger partial charge in [-0.05, 0) is 42.9 Å². The minimum Gasteiger partial charge on any atom is -0.478 e. The Balaban J connectivity index is 2.14. The van der Waals surface area contributed by atoms with Crippen LogP contribution in [0.1, 0.15) is 62.1 Å². The Morgan fingerprint density at radius 2 is 2.14 bits per heavy atom. The molecule has 2 aromatic rings. The van der Waals surface area contributed by atoms with Gasteiger partial charge in [0, 0.05) is 12.5 Å². The van der Waals surface area contributed by atoms with Crippen LogP contribution >= 0.6 is 0 Å². The normalized spacial score (nSPS) is 15.6. The number of rotatable bonds is 5. The molecule has 1 fully saturated rings. The van der Waals surface area contributed by atoms with Gasteiger partial charge in [0.1, 0.15) is 5.82 Å². The zero-order chi connectivity index (χ0) is 15.2. The molecule has 1 aliphatic rings. The molecule has 0 bridgehead atoms. The lowest BCUT2D eigenvalue weighted by Gasteiger charge is -2.25. The topological polar surface area (TPSA) is 55.1 Å². The van der Waals surface area contributed by atoms with E-state index in [0.29, 0.717) is 11.5 Å². The van der Waals surface area contributed by atoms with E-state index in [0.717, 1.165) is 29.8 Å². The summed E-state index contributed by atoms with van der Waals surface area (Å²) in [5.41, 5.74) is 2.38. The van der Waals surface area contributed by atoms with Crippen molar-refractivity contribution >= 4 is 17.0 Å². The highest BCUT2D eigenvalue weighted by atomic mass is 16.4. The van der Waals surface area contributed by atoms with E-state index >= 15 is 0 Å². The number of carbonyl (C=O) groups is 1. The van der Waals surface area contributed by atoms with Crippen molar-refractivity contribution in [3.05, 3.63) is 29.6 Å². The molecule has 1 heterocycles. The van der Waals surface area contributed by atoms with Crippen molar-refractivity contribution < 1.29 is 9.90 Å². The van der Waals surface area contributed by atoms with E-state index in [9.17, 15) is 9.90 Å². The third-order valence-corrected chi connectivity index (χ3v) is 4.51. The summed E-state index contributed by atoms with van der Waals surface area (Å²) in [5.74, 6) is 0.805. The van der Waals surface area contributed by atoms with E-state index < -0.39 is 5.97 Å². The van der Waals surface area contributed by atoms with Crippen molar-refractivity contribution in [1.82, 2.24) is 9.55 Å². The predicted molar refractivity (Wildman–Crippen MR) is 82.7 cm³/mol. The van der Waals surface area contributed by atoms with Crippen LogP contribution in [-0.2, 0) is 6.54 Å². The number of carboxylic acids is 1. The Hall–Kier alpha value is -1.84. The van der Waals surface area contributed by atoms with Crippen molar-refractivity contribution in [1.29, 1.82) is 0 Å². The third-order valence-electron chi connectivity index (χ3n) is 4.51. The lowest BCUT2D eigenvalue weighted by Crippen LogP contribution is -2.20. The van der Waals surface area contributed by atoms with Gasteiger partial charge in [-0.2, -0.15) is 0 Å². The zero-order valence-corrected chi connectivity index (χ0v) is 12.9. The number of imidazole rings is 1. The van der Waals surface area contributed by atoms with Crippen LogP contribution in [0.2, 0.25) is 0 Å². The summed E-state index contributed by atoms with van der Waals surface area (Å²) in [6.07, 6.45) is 3.47. The van der Waals surface area contributed by atoms with Gasteiger partial charge < -0.3 is 9.67 Å². The van der Waals surface area contributed by atoms with Crippen LogP contribution in [0.3, 0.4) is 0 Å². The lowest BCUT2D eigenvalue weighted by molar-refractivity contribution is 0.0697. The van der Waals surface area contributed by atoms with E-state index in [1.165, 1.54) is 12.8 Å². The molecule has 1 aromatic carbocycles. The number of nitrogens with zero attached hydrogens (tertiary/aromatic N) is 2. The number of fused-ring (bicyclic) bond motifs is 1. The summed E-state index contributed by atoms with van der Waals surface area (Å²) in [5, 5.41) is 9.21. The van der Waals surface area contributed by atoms with Crippen LogP contribution < -0.4 is 0 Å². The van der Waals surface area contributed by atoms with E-state index in [-0.39, 0.29) is 5.41 Å². The van der Waals surface area contributed by atoms with E-state index in [1.54, 1.807) is 12.1 Å². The molecule has 1 aliphatic carbocycles. The summed E-state index contributed by atoms with van der Waals surface area (Å²) in [6.45, 7) is 7.57. The van der Waals surface area contributed by atoms with Gasteiger partial charge in [-0.15, -0.1) is 0 Å². The minimum atomic E-state index is -0.882. The van der Waals surface area contributed by atoms with Gasteiger partial charge in [-0.1, -0.05) is 20.8 Å². The maximum Gasteiger partial charge on any atom is 0.335 e.